The molecular weight excluding hydrogens is 434 g/mol. The molecule has 34 heavy (non-hydrogen) atoms. The zero-order valence-electron chi connectivity index (χ0n) is 18.1. The Hall–Kier alpha value is -4.46. The molecular formula is C26H21N3O5. The van der Waals surface area contributed by atoms with Crippen molar-refractivity contribution in [1.29, 1.82) is 0 Å². The molecule has 2 aliphatic rings. The number of anilines is 1. The van der Waals surface area contributed by atoms with E-state index < -0.39 is 17.5 Å². The molecule has 4 amide bonds. The number of hydrogen-bond donors (Lipinski definition) is 2. The number of fused-ring (bicyclic) bond motifs is 2. The van der Waals surface area contributed by atoms with Crippen LogP contribution < -0.4 is 15.4 Å². The number of ketones is 1. The number of hydrogen-bond acceptors (Lipinski definition) is 5. The monoisotopic (exact) mass is 455 g/mol. The average molecular weight is 455 g/mol. The first kappa shape index (κ1) is 21.4. The number of nitrogens with one attached hydrogen (secondary N) is 2. The number of nitrogens with zero attached hydrogens (tertiary/aromatic N) is 1. The molecule has 5 rings (SSSR count). The number of amides is 4. The summed E-state index contributed by atoms with van der Waals surface area (Å²) in [6.07, 6.45) is 0.287. The molecule has 1 spiro atoms. The predicted octanol–water partition coefficient (Wildman–Crippen LogP) is 3.35. The fourth-order valence-corrected chi connectivity index (χ4v) is 4.28. The van der Waals surface area contributed by atoms with Gasteiger partial charge in [-0.1, -0.05) is 36.4 Å². The molecule has 0 aromatic heterocycles. The fraction of sp³-hybridized carbons (Fsp3) is 0.154. The van der Waals surface area contributed by atoms with Gasteiger partial charge in [0.25, 0.3) is 11.8 Å². The van der Waals surface area contributed by atoms with Crippen molar-refractivity contribution in [1.82, 2.24) is 10.2 Å². The largest absolute Gasteiger partial charge is 0.493 e. The van der Waals surface area contributed by atoms with Crippen LogP contribution in [-0.4, -0.2) is 41.7 Å². The summed E-state index contributed by atoms with van der Waals surface area (Å²) in [5.41, 5.74) is 0.736. The summed E-state index contributed by atoms with van der Waals surface area (Å²) in [6.45, 7) is -0.105. The van der Waals surface area contributed by atoms with Gasteiger partial charge >= 0.3 is 6.03 Å². The molecule has 3 aromatic rings. The first-order valence-corrected chi connectivity index (χ1v) is 10.8. The SMILES string of the molecule is O=C(CN1C(=O)NC2(CCOc3ccccc32)C1=O)c1ccc(NC(=O)c2ccccc2)cc1. The summed E-state index contributed by atoms with van der Waals surface area (Å²) < 4.78 is 5.63. The number of carbonyl (C=O) groups excluding carboxylic acids is 4. The van der Waals surface area contributed by atoms with E-state index in [1.54, 1.807) is 72.8 Å². The van der Waals surface area contributed by atoms with Crippen molar-refractivity contribution in [3.63, 3.8) is 0 Å². The van der Waals surface area contributed by atoms with Crippen molar-refractivity contribution in [3.8, 4) is 5.75 Å². The lowest BCUT2D eigenvalue weighted by Crippen LogP contribution is -2.47. The van der Waals surface area contributed by atoms with Crippen LogP contribution in [0.3, 0.4) is 0 Å². The summed E-state index contributed by atoms with van der Waals surface area (Å²) >= 11 is 0. The zero-order chi connectivity index (χ0) is 23.7. The number of imide groups is 1. The standard InChI is InChI=1S/C26H21N3O5/c30-21(17-10-12-19(13-11-17)27-23(31)18-6-2-1-3-7-18)16-29-24(32)26(28-25(29)33)14-15-34-22-9-5-4-8-20(22)26/h1-13H,14-16H2,(H,27,31)(H,28,33). The van der Waals surface area contributed by atoms with Gasteiger partial charge in [0.05, 0.1) is 13.2 Å². The highest BCUT2D eigenvalue weighted by Gasteiger charge is 2.55. The van der Waals surface area contributed by atoms with Crippen LogP contribution in [-0.2, 0) is 10.3 Å². The minimum atomic E-state index is -1.22. The van der Waals surface area contributed by atoms with Crippen LogP contribution in [0.5, 0.6) is 5.75 Å². The van der Waals surface area contributed by atoms with Gasteiger partial charge in [0, 0.05) is 28.8 Å². The molecule has 2 aliphatic heterocycles. The molecule has 0 bridgehead atoms. The normalized spacial score (nSPS) is 18.8. The molecule has 0 saturated carbocycles. The number of ether oxygens (including phenoxy) is 1. The van der Waals surface area contributed by atoms with E-state index in [2.05, 4.69) is 10.6 Å². The summed E-state index contributed by atoms with van der Waals surface area (Å²) in [5, 5.41) is 5.56. The molecule has 170 valence electrons. The average Bonchev–Trinajstić information content (AvgIpc) is 3.10. The smallest absolute Gasteiger partial charge is 0.325 e. The van der Waals surface area contributed by atoms with Crippen LogP contribution >= 0.6 is 0 Å². The molecule has 1 atom stereocenters. The van der Waals surface area contributed by atoms with Gasteiger partial charge in [-0.05, 0) is 42.5 Å². The maximum atomic E-state index is 13.3. The van der Waals surface area contributed by atoms with Gasteiger partial charge in [-0.15, -0.1) is 0 Å². The van der Waals surface area contributed by atoms with E-state index in [0.717, 1.165) is 4.90 Å². The Bertz CT molecular complexity index is 1290. The fourth-order valence-electron chi connectivity index (χ4n) is 4.28. The van der Waals surface area contributed by atoms with Crippen LogP contribution in [0.4, 0.5) is 10.5 Å². The van der Waals surface area contributed by atoms with Crippen molar-refractivity contribution in [2.45, 2.75) is 12.0 Å². The molecule has 8 heteroatoms. The molecule has 8 nitrogen and oxygen atoms in total. The Labute approximate surface area is 195 Å². The third kappa shape index (κ3) is 3.69. The van der Waals surface area contributed by atoms with E-state index in [9.17, 15) is 19.2 Å². The predicted molar refractivity (Wildman–Crippen MR) is 124 cm³/mol. The van der Waals surface area contributed by atoms with Gasteiger partial charge in [0.1, 0.15) is 5.75 Å². The molecule has 1 unspecified atom stereocenters. The number of carbonyl (C=O) groups is 4. The highest BCUT2D eigenvalue weighted by molar-refractivity contribution is 6.12. The minimum absolute atomic E-state index is 0.263. The second-order valence-corrected chi connectivity index (χ2v) is 8.14. The summed E-state index contributed by atoms with van der Waals surface area (Å²) in [7, 11) is 0. The Morgan fingerprint density at radius 2 is 1.62 bits per heavy atom. The van der Waals surface area contributed by atoms with E-state index >= 15 is 0 Å². The Balaban J connectivity index is 1.29. The highest BCUT2D eigenvalue weighted by atomic mass is 16.5. The first-order chi connectivity index (χ1) is 16.5. The maximum Gasteiger partial charge on any atom is 0.325 e. The molecule has 3 aromatic carbocycles. The molecule has 0 aliphatic carbocycles. The van der Waals surface area contributed by atoms with E-state index in [4.69, 9.17) is 4.74 Å². The number of rotatable bonds is 5. The lowest BCUT2D eigenvalue weighted by Gasteiger charge is -2.33. The van der Waals surface area contributed by atoms with Crippen molar-refractivity contribution in [2.24, 2.45) is 0 Å². The minimum Gasteiger partial charge on any atom is -0.493 e. The van der Waals surface area contributed by atoms with Crippen molar-refractivity contribution >= 4 is 29.3 Å². The third-order valence-electron chi connectivity index (χ3n) is 6.06. The molecule has 0 radical (unpaired) electrons. The summed E-state index contributed by atoms with van der Waals surface area (Å²) in [5.74, 6) is -0.569. The van der Waals surface area contributed by atoms with Gasteiger partial charge < -0.3 is 15.4 Å². The van der Waals surface area contributed by atoms with Crippen molar-refractivity contribution in [3.05, 3.63) is 95.6 Å². The van der Waals surface area contributed by atoms with E-state index in [-0.39, 0.29) is 31.3 Å². The van der Waals surface area contributed by atoms with Crippen LogP contribution in [0.25, 0.3) is 0 Å². The molecule has 2 N–H and O–H groups in total. The Morgan fingerprint density at radius 1 is 0.912 bits per heavy atom. The van der Waals surface area contributed by atoms with Crippen LogP contribution in [0.15, 0.2) is 78.9 Å². The number of Topliss-reactive ketones (excluding diaryl/α,β-unsaturated/α-hetero) is 1. The Morgan fingerprint density at radius 3 is 2.38 bits per heavy atom. The molecule has 1 fully saturated rings. The second kappa shape index (κ2) is 8.47. The zero-order valence-corrected chi connectivity index (χ0v) is 18.1. The second-order valence-electron chi connectivity index (χ2n) is 8.14. The van der Waals surface area contributed by atoms with Gasteiger partial charge in [-0.2, -0.15) is 0 Å². The van der Waals surface area contributed by atoms with Crippen LogP contribution in [0, 0.1) is 0 Å². The van der Waals surface area contributed by atoms with Crippen LogP contribution in [0.2, 0.25) is 0 Å². The lowest BCUT2D eigenvalue weighted by atomic mass is 9.84. The van der Waals surface area contributed by atoms with E-state index in [1.807, 2.05) is 6.07 Å². The topological polar surface area (TPSA) is 105 Å². The highest BCUT2D eigenvalue weighted by Crippen LogP contribution is 2.40. The van der Waals surface area contributed by atoms with E-state index in [0.29, 0.717) is 28.1 Å². The quantitative estimate of drug-likeness (QED) is 0.454. The summed E-state index contributed by atoms with van der Waals surface area (Å²) in [4.78, 5) is 52.1. The van der Waals surface area contributed by atoms with Gasteiger partial charge in [0.2, 0.25) is 0 Å². The third-order valence-corrected chi connectivity index (χ3v) is 6.06. The van der Waals surface area contributed by atoms with Gasteiger partial charge in [-0.3, -0.25) is 19.3 Å². The Kier molecular flexibility index (Phi) is 5.33. The van der Waals surface area contributed by atoms with Gasteiger partial charge in [-0.25, -0.2) is 4.79 Å². The lowest BCUT2D eigenvalue weighted by molar-refractivity contribution is -0.132. The van der Waals surface area contributed by atoms with Crippen LogP contribution in [0.1, 0.15) is 32.7 Å². The summed E-state index contributed by atoms with van der Waals surface area (Å²) in [6, 6.07) is 21.6. The maximum absolute atomic E-state index is 13.3. The number of benzene rings is 3. The molecule has 1 saturated heterocycles. The number of urea groups is 1. The number of para-hydroxylation sites is 1. The van der Waals surface area contributed by atoms with Gasteiger partial charge in [0.15, 0.2) is 11.3 Å². The van der Waals surface area contributed by atoms with Crippen molar-refractivity contribution in [2.75, 3.05) is 18.5 Å². The molecule has 2 heterocycles. The van der Waals surface area contributed by atoms with Crippen molar-refractivity contribution < 1.29 is 23.9 Å². The first-order valence-electron chi connectivity index (χ1n) is 10.8. The van der Waals surface area contributed by atoms with E-state index in [1.165, 1.54) is 0 Å².